The largest absolute Gasteiger partial charge is 0.484 e. The van der Waals surface area contributed by atoms with Gasteiger partial charge in [0, 0.05) is 38.0 Å². The first-order chi connectivity index (χ1) is 12.6. The van der Waals surface area contributed by atoms with Gasteiger partial charge in [-0.1, -0.05) is 18.2 Å². The number of carbonyl (C=O) groups excluding carboxylic acids is 1. The number of hydrogen-bond acceptors (Lipinski definition) is 4. The summed E-state index contributed by atoms with van der Waals surface area (Å²) in [6, 6.07) is 7.68. The predicted molar refractivity (Wildman–Crippen MR) is 99.2 cm³/mol. The third kappa shape index (κ3) is 3.90. The van der Waals surface area contributed by atoms with E-state index in [0.717, 1.165) is 36.7 Å². The van der Waals surface area contributed by atoms with Gasteiger partial charge >= 0.3 is 0 Å². The Bertz CT molecular complexity index is 757. The average Bonchev–Trinajstić information content (AvgIpc) is 3.05. The van der Waals surface area contributed by atoms with E-state index in [0.29, 0.717) is 13.2 Å². The van der Waals surface area contributed by atoms with Gasteiger partial charge in [-0.3, -0.25) is 4.79 Å². The number of ether oxygens (including phenoxy) is 2. The van der Waals surface area contributed by atoms with E-state index in [1.165, 1.54) is 5.69 Å². The molecule has 1 atom stereocenters. The molecule has 2 heterocycles. The van der Waals surface area contributed by atoms with Crippen molar-refractivity contribution in [3.63, 3.8) is 0 Å². The van der Waals surface area contributed by atoms with Gasteiger partial charge in [0.05, 0.1) is 12.6 Å². The van der Waals surface area contributed by atoms with Crippen molar-refractivity contribution in [1.82, 2.24) is 14.5 Å². The molecule has 0 saturated carbocycles. The van der Waals surface area contributed by atoms with Gasteiger partial charge in [-0.2, -0.15) is 0 Å². The molecule has 0 aliphatic carbocycles. The van der Waals surface area contributed by atoms with Crippen molar-refractivity contribution in [2.45, 2.75) is 39.8 Å². The molecule has 0 fully saturated rings. The number of hydrogen-bond donors (Lipinski definition) is 0. The molecule has 1 aromatic heterocycles. The molecule has 0 radical (unpaired) electrons. The lowest BCUT2D eigenvalue weighted by atomic mass is 10.2. The highest BCUT2D eigenvalue weighted by molar-refractivity contribution is 5.78. The Labute approximate surface area is 154 Å². The second-order valence-corrected chi connectivity index (χ2v) is 6.52. The second kappa shape index (κ2) is 8.36. The summed E-state index contributed by atoms with van der Waals surface area (Å²) < 4.78 is 13.4. The molecule has 1 aliphatic heterocycles. The number of aromatic nitrogens is 2. The number of carbonyl (C=O) groups is 1. The molecule has 1 amide bonds. The first kappa shape index (κ1) is 18.5. The van der Waals surface area contributed by atoms with Crippen LogP contribution in [0.3, 0.4) is 0 Å². The zero-order chi connectivity index (χ0) is 18.5. The van der Waals surface area contributed by atoms with Crippen LogP contribution in [0.2, 0.25) is 0 Å². The van der Waals surface area contributed by atoms with Crippen LogP contribution in [-0.2, 0) is 22.5 Å². The minimum atomic E-state index is -0.0578. The topological polar surface area (TPSA) is 56.6 Å². The van der Waals surface area contributed by atoms with E-state index in [1.807, 2.05) is 56.1 Å². The lowest BCUT2D eigenvalue weighted by molar-refractivity contribution is -0.136. The fourth-order valence-electron chi connectivity index (χ4n) is 3.36. The van der Waals surface area contributed by atoms with Gasteiger partial charge in [-0.25, -0.2) is 4.98 Å². The summed E-state index contributed by atoms with van der Waals surface area (Å²) >= 11 is 0. The van der Waals surface area contributed by atoms with Crippen LogP contribution in [0.15, 0.2) is 30.5 Å². The molecule has 1 aliphatic rings. The first-order valence-corrected chi connectivity index (χ1v) is 9.21. The van der Waals surface area contributed by atoms with Crippen molar-refractivity contribution in [2.24, 2.45) is 0 Å². The maximum Gasteiger partial charge on any atom is 0.261 e. The van der Waals surface area contributed by atoms with E-state index in [2.05, 4.69) is 9.55 Å². The number of para-hydroxylation sites is 1. The smallest absolute Gasteiger partial charge is 0.261 e. The molecular formula is C20H27N3O3. The third-order valence-corrected chi connectivity index (χ3v) is 4.85. The van der Waals surface area contributed by atoms with Crippen molar-refractivity contribution in [3.8, 4) is 5.75 Å². The van der Waals surface area contributed by atoms with E-state index in [-0.39, 0.29) is 18.6 Å². The molecule has 0 saturated heterocycles. The predicted octanol–water partition coefficient (Wildman–Crippen LogP) is 2.75. The Morgan fingerprint density at radius 2 is 2.12 bits per heavy atom. The molecule has 0 N–H and O–H groups in total. The van der Waals surface area contributed by atoms with Crippen LogP contribution in [0.4, 0.5) is 0 Å². The summed E-state index contributed by atoms with van der Waals surface area (Å²) in [5.74, 6) is 1.68. The third-order valence-electron chi connectivity index (χ3n) is 4.85. The normalized spacial score (nSPS) is 16.4. The second-order valence-electron chi connectivity index (χ2n) is 6.52. The molecule has 1 aromatic carbocycles. The van der Waals surface area contributed by atoms with Crippen molar-refractivity contribution in [3.05, 3.63) is 47.5 Å². The fourth-order valence-corrected chi connectivity index (χ4v) is 3.36. The number of fused-ring (bicyclic) bond motifs is 1. The first-order valence-electron chi connectivity index (χ1n) is 9.21. The molecule has 0 bridgehead atoms. The van der Waals surface area contributed by atoms with Crippen molar-refractivity contribution in [2.75, 3.05) is 26.4 Å². The molecule has 26 heavy (non-hydrogen) atoms. The molecule has 6 heteroatoms. The molecule has 3 rings (SSSR count). The molecule has 6 nitrogen and oxygen atoms in total. The number of amides is 1. The van der Waals surface area contributed by atoms with Crippen molar-refractivity contribution >= 4 is 5.91 Å². The highest BCUT2D eigenvalue weighted by Gasteiger charge is 2.30. The van der Waals surface area contributed by atoms with Crippen molar-refractivity contribution < 1.29 is 14.3 Å². The van der Waals surface area contributed by atoms with Crippen molar-refractivity contribution in [1.29, 1.82) is 0 Å². The Hall–Kier alpha value is -2.34. The summed E-state index contributed by atoms with van der Waals surface area (Å²) in [4.78, 5) is 19.1. The van der Waals surface area contributed by atoms with Gasteiger partial charge in [0.15, 0.2) is 6.61 Å². The standard InChI is InChI=1S/C20H27N3O3/c1-4-25-12-9-17-13-21-20-16(3)22(10-11-23(17)20)19(24)14-26-18-8-6-5-7-15(18)2/h5-8,13,16H,4,9-12,14H2,1-3H3/t16-/m1/s1. The van der Waals surface area contributed by atoms with E-state index >= 15 is 0 Å². The van der Waals surface area contributed by atoms with Gasteiger partial charge in [-0.05, 0) is 32.4 Å². The molecule has 0 spiro atoms. The van der Waals surface area contributed by atoms with E-state index in [4.69, 9.17) is 9.47 Å². The fraction of sp³-hybridized carbons (Fsp3) is 0.500. The maximum absolute atomic E-state index is 12.7. The molecular weight excluding hydrogens is 330 g/mol. The lowest BCUT2D eigenvalue weighted by Crippen LogP contribution is -2.43. The number of rotatable bonds is 7. The Morgan fingerprint density at radius 3 is 2.88 bits per heavy atom. The highest BCUT2D eigenvalue weighted by atomic mass is 16.5. The van der Waals surface area contributed by atoms with E-state index in [1.54, 1.807) is 0 Å². The van der Waals surface area contributed by atoms with Crippen LogP contribution in [0.25, 0.3) is 0 Å². The van der Waals surface area contributed by atoms with E-state index < -0.39 is 0 Å². The summed E-state index contributed by atoms with van der Waals surface area (Å²) in [6.45, 7) is 8.90. The Morgan fingerprint density at radius 1 is 1.31 bits per heavy atom. The number of benzene rings is 1. The zero-order valence-corrected chi connectivity index (χ0v) is 15.8. The van der Waals surface area contributed by atoms with Gasteiger partial charge in [-0.15, -0.1) is 0 Å². The summed E-state index contributed by atoms with van der Waals surface area (Å²) in [5, 5.41) is 0. The van der Waals surface area contributed by atoms with Crippen LogP contribution in [0.1, 0.15) is 37.0 Å². The molecule has 2 aromatic rings. The van der Waals surface area contributed by atoms with E-state index in [9.17, 15) is 4.79 Å². The van der Waals surface area contributed by atoms with Crippen LogP contribution in [0, 0.1) is 6.92 Å². The van der Waals surface area contributed by atoms with Crippen LogP contribution in [-0.4, -0.2) is 46.7 Å². The number of aryl methyl sites for hydroxylation is 1. The lowest BCUT2D eigenvalue weighted by Gasteiger charge is -2.34. The Kier molecular flexibility index (Phi) is 5.93. The van der Waals surface area contributed by atoms with Gasteiger partial charge in [0.2, 0.25) is 0 Å². The molecule has 0 unspecified atom stereocenters. The highest BCUT2D eigenvalue weighted by Crippen LogP contribution is 2.26. The SMILES string of the molecule is CCOCCc1cnc2n1CCN(C(=O)COc1ccccc1C)[C@@H]2C. The molecule has 140 valence electrons. The maximum atomic E-state index is 12.7. The number of imidazole rings is 1. The Balaban J connectivity index is 1.62. The van der Waals surface area contributed by atoms with Gasteiger partial charge in [0.1, 0.15) is 11.6 Å². The quantitative estimate of drug-likeness (QED) is 0.715. The average molecular weight is 357 g/mol. The van der Waals surface area contributed by atoms with Gasteiger partial charge in [0.25, 0.3) is 5.91 Å². The monoisotopic (exact) mass is 357 g/mol. The summed E-state index contributed by atoms with van der Waals surface area (Å²) in [6.07, 6.45) is 2.75. The summed E-state index contributed by atoms with van der Waals surface area (Å²) in [5.41, 5.74) is 2.20. The summed E-state index contributed by atoms with van der Waals surface area (Å²) in [7, 11) is 0. The van der Waals surface area contributed by atoms with Gasteiger partial charge < -0.3 is 18.9 Å². The van der Waals surface area contributed by atoms with Crippen LogP contribution >= 0.6 is 0 Å². The van der Waals surface area contributed by atoms with Crippen LogP contribution in [0.5, 0.6) is 5.75 Å². The number of nitrogens with zero attached hydrogens (tertiary/aromatic N) is 3. The zero-order valence-electron chi connectivity index (χ0n) is 15.8. The van der Waals surface area contributed by atoms with Crippen LogP contribution < -0.4 is 4.74 Å². The minimum Gasteiger partial charge on any atom is -0.484 e. The minimum absolute atomic E-state index is 0.00845.